The minimum absolute atomic E-state index is 0.234. The van der Waals surface area contributed by atoms with Crippen LogP contribution in [0.4, 0.5) is 5.69 Å². The van der Waals surface area contributed by atoms with E-state index in [1.165, 1.54) is 5.69 Å². The van der Waals surface area contributed by atoms with Crippen LogP contribution in [0.5, 0.6) is 5.75 Å². The predicted octanol–water partition coefficient (Wildman–Crippen LogP) is 4.20. The summed E-state index contributed by atoms with van der Waals surface area (Å²) in [6, 6.07) is 6.58. The van der Waals surface area contributed by atoms with Crippen LogP contribution in [-0.4, -0.2) is 57.6 Å². The third kappa shape index (κ3) is 3.81. The molecule has 3 aromatic rings. The zero-order valence-corrected chi connectivity index (χ0v) is 19.1. The monoisotopic (exact) mass is 417 g/mol. The summed E-state index contributed by atoms with van der Waals surface area (Å²) in [5.74, 6) is 0.956. The van der Waals surface area contributed by atoms with Gasteiger partial charge in [-0.2, -0.15) is 0 Å². The van der Waals surface area contributed by atoms with E-state index < -0.39 is 0 Å². The molecule has 2 aliphatic rings. The first-order chi connectivity index (χ1) is 14.8. The molecule has 0 N–H and O–H groups in total. The summed E-state index contributed by atoms with van der Waals surface area (Å²) in [5, 5.41) is 0. The maximum atomic E-state index is 6.18. The van der Waals surface area contributed by atoms with Crippen molar-refractivity contribution in [1.82, 2.24) is 19.3 Å². The molecule has 6 heteroatoms. The second-order valence-corrected chi connectivity index (χ2v) is 9.65. The summed E-state index contributed by atoms with van der Waals surface area (Å²) >= 11 is 0. The molecular weight excluding hydrogens is 386 g/mol. The fourth-order valence-corrected chi connectivity index (χ4v) is 4.59. The Morgan fingerprint density at radius 3 is 2.48 bits per heavy atom. The summed E-state index contributed by atoms with van der Waals surface area (Å²) in [5.41, 5.74) is 7.47. The standard InChI is InChI=1S/C25H31N5O/c1-17-14-29-15-22(27-24(29)18(2)26-17)20-12-19-6-7-21(13-23(19)31-16-20)28-8-10-30(11-9-28)25(3,4)5/h6-7,12-15H,8-11,16H2,1-5H3. The van der Waals surface area contributed by atoms with E-state index in [2.05, 4.69) is 70.4 Å². The van der Waals surface area contributed by atoms with E-state index in [1.807, 2.05) is 20.0 Å². The summed E-state index contributed by atoms with van der Waals surface area (Å²) < 4.78 is 8.24. The van der Waals surface area contributed by atoms with Gasteiger partial charge in [0.1, 0.15) is 12.4 Å². The van der Waals surface area contributed by atoms with Crippen molar-refractivity contribution in [3.8, 4) is 5.75 Å². The lowest BCUT2D eigenvalue weighted by atomic mass is 10.0. The Kier molecular flexibility index (Phi) is 4.77. The number of rotatable bonds is 2. The van der Waals surface area contributed by atoms with Crippen LogP contribution in [0.15, 0.2) is 30.6 Å². The number of anilines is 1. The van der Waals surface area contributed by atoms with Gasteiger partial charge in [0.15, 0.2) is 5.65 Å². The highest BCUT2D eigenvalue weighted by Gasteiger charge is 2.26. The van der Waals surface area contributed by atoms with Crippen LogP contribution < -0.4 is 9.64 Å². The highest BCUT2D eigenvalue weighted by molar-refractivity contribution is 5.85. The van der Waals surface area contributed by atoms with E-state index in [9.17, 15) is 0 Å². The number of aryl methyl sites for hydroxylation is 2. The van der Waals surface area contributed by atoms with Gasteiger partial charge in [0.2, 0.25) is 0 Å². The predicted molar refractivity (Wildman–Crippen MR) is 126 cm³/mol. The zero-order chi connectivity index (χ0) is 21.8. The molecule has 6 nitrogen and oxygen atoms in total. The number of fused-ring (bicyclic) bond motifs is 2. The van der Waals surface area contributed by atoms with E-state index in [4.69, 9.17) is 9.72 Å². The van der Waals surface area contributed by atoms with Gasteiger partial charge in [-0.15, -0.1) is 0 Å². The van der Waals surface area contributed by atoms with Crippen molar-refractivity contribution in [1.29, 1.82) is 0 Å². The molecule has 1 aromatic carbocycles. The van der Waals surface area contributed by atoms with Gasteiger partial charge in [-0.05, 0) is 52.8 Å². The first-order valence-corrected chi connectivity index (χ1v) is 11.1. The van der Waals surface area contributed by atoms with Crippen LogP contribution in [-0.2, 0) is 0 Å². The van der Waals surface area contributed by atoms with Crippen LogP contribution in [0.25, 0.3) is 17.3 Å². The summed E-state index contributed by atoms with van der Waals surface area (Å²) in [4.78, 5) is 14.4. The van der Waals surface area contributed by atoms with Gasteiger partial charge < -0.3 is 14.0 Å². The lowest BCUT2D eigenvalue weighted by Crippen LogP contribution is -2.53. The fourth-order valence-electron chi connectivity index (χ4n) is 4.59. The van der Waals surface area contributed by atoms with Crippen molar-refractivity contribution in [3.05, 3.63) is 53.2 Å². The number of imidazole rings is 1. The molecule has 2 aromatic heterocycles. The molecule has 0 amide bonds. The van der Waals surface area contributed by atoms with Gasteiger partial charge in [-0.1, -0.05) is 0 Å². The number of hydrogen-bond acceptors (Lipinski definition) is 5. The summed E-state index contributed by atoms with van der Waals surface area (Å²) in [6.07, 6.45) is 6.29. The molecule has 162 valence electrons. The maximum Gasteiger partial charge on any atom is 0.158 e. The molecule has 0 bridgehead atoms. The van der Waals surface area contributed by atoms with Crippen molar-refractivity contribution in [2.24, 2.45) is 0 Å². The number of ether oxygens (including phenoxy) is 1. The molecule has 1 saturated heterocycles. The van der Waals surface area contributed by atoms with Gasteiger partial charge in [-0.3, -0.25) is 9.88 Å². The van der Waals surface area contributed by atoms with Crippen LogP contribution in [0, 0.1) is 13.8 Å². The first-order valence-electron chi connectivity index (χ1n) is 11.1. The van der Waals surface area contributed by atoms with E-state index in [0.29, 0.717) is 6.61 Å². The normalized spacial score (nSPS) is 17.5. The van der Waals surface area contributed by atoms with E-state index in [0.717, 1.165) is 65.8 Å². The molecule has 2 aliphatic heterocycles. The molecule has 0 spiro atoms. The highest BCUT2D eigenvalue weighted by Crippen LogP contribution is 2.34. The Bertz CT molecular complexity index is 1160. The Balaban J connectivity index is 1.37. The van der Waals surface area contributed by atoms with Gasteiger partial charge in [0.05, 0.1) is 17.1 Å². The lowest BCUT2D eigenvalue weighted by molar-refractivity contribution is 0.128. The third-order valence-electron chi connectivity index (χ3n) is 6.36. The average molecular weight is 418 g/mol. The smallest absolute Gasteiger partial charge is 0.158 e. The van der Waals surface area contributed by atoms with Crippen molar-refractivity contribution in [2.45, 2.75) is 40.2 Å². The third-order valence-corrected chi connectivity index (χ3v) is 6.36. The SMILES string of the molecule is Cc1cn2cc(C3=Cc4ccc(N5CCN(C(C)(C)C)CC5)cc4OC3)nc2c(C)n1. The minimum Gasteiger partial charge on any atom is -0.488 e. The van der Waals surface area contributed by atoms with Crippen LogP contribution in [0.3, 0.4) is 0 Å². The molecule has 5 rings (SSSR count). The molecule has 0 atom stereocenters. The van der Waals surface area contributed by atoms with Crippen molar-refractivity contribution in [2.75, 3.05) is 37.7 Å². The van der Waals surface area contributed by atoms with E-state index in [1.54, 1.807) is 0 Å². The van der Waals surface area contributed by atoms with Gasteiger partial charge >= 0.3 is 0 Å². The average Bonchev–Trinajstić information content (AvgIpc) is 3.17. The Hall–Kier alpha value is -2.86. The minimum atomic E-state index is 0.234. The quantitative estimate of drug-likeness (QED) is 0.625. The molecule has 31 heavy (non-hydrogen) atoms. The van der Waals surface area contributed by atoms with Crippen molar-refractivity contribution in [3.63, 3.8) is 0 Å². The van der Waals surface area contributed by atoms with Crippen LogP contribution >= 0.6 is 0 Å². The number of piperazine rings is 1. The second kappa shape index (κ2) is 7.38. The first kappa shape index (κ1) is 20.1. The largest absolute Gasteiger partial charge is 0.488 e. The number of benzene rings is 1. The number of nitrogens with zero attached hydrogens (tertiary/aromatic N) is 5. The number of hydrogen-bond donors (Lipinski definition) is 0. The summed E-state index contributed by atoms with van der Waals surface area (Å²) in [7, 11) is 0. The van der Waals surface area contributed by atoms with E-state index in [-0.39, 0.29) is 5.54 Å². The van der Waals surface area contributed by atoms with Crippen molar-refractivity contribution >= 4 is 23.0 Å². The Labute approximate surface area is 184 Å². The summed E-state index contributed by atoms with van der Waals surface area (Å²) in [6.45, 7) is 15.7. The Morgan fingerprint density at radius 1 is 0.968 bits per heavy atom. The number of aromatic nitrogens is 3. The van der Waals surface area contributed by atoms with Gasteiger partial charge in [0, 0.05) is 67.0 Å². The van der Waals surface area contributed by atoms with Gasteiger partial charge in [0.25, 0.3) is 0 Å². The molecule has 0 aliphatic carbocycles. The topological polar surface area (TPSA) is 45.9 Å². The second-order valence-electron chi connectivity index (χ2n) is 9.65. The zero-order valence-electron chi connectivity index (χ0n) is 19.1. The molecule has 0 unspecified atom stereocenters. The molecule has 4 heterocycles. The highest BCUT2D eigenvalue weighted by atomic mass is 16.5. The Morgan fingerprint density at radius 2 is 1.74 bits per heavy atom. The molecular formula is C25H31N5O. The van der Waals surface area contributed by atoms with E-state index >= 15 is 0 Å². The van der Waals surface area contributed by atoms with Gasteiger partial charge in [-0.25, -0.2) is 4.98 Å². The maximum absolute atomic E-state index is 6.18. The van der Waals surface area contributed by atoms with Crippen LogP contribution in [0.1, 0.15) is 43.4 Å². The van der Waals surface area contributed by atoms with Crippen LogP contribution in [0.2, 0.25) is 0 Å². The molecule has 0 saturated carbocycles. The van der Waals surface area contributed by atoms with Crippen molar-refractivity contribution < 1.29 is 4.74 Å². The lowest BCUT2D eigenvalue weighted by Gasteiger charge is -2.43. The molecule has 1 fully saturated rings. The molecule has 0 radical (unpaired) electrons. The fraction of sp³-hybridized carbons (Fsp3) is 0.440.